The Labute approximate surface area is 206 Å². The van der Waals surface area contributed by atoms with Crippen molar-refractivity contribution in [1.29, 1.82) is 0 Å². The average Bonchev–Trinajstić information content (AvgIpc) is 3.33. The first-order valence-corrected chi connectivity index (χ1v) is 10.7. The van der Waals surface area contributed by atoms with Crippen LogP contribution in [0.4, 0.5) is 26.3 Å². The van der Waals surface area contributed by atoms with Crippen LogP contribution in [0.2, 0.25) is 5.02 Å². The van der Waals surface area contributed by atoms with Crippen LogP contribution in [-0.2, 0) is 30.2 Å². The third-order valence-electron chi connectivity index (χ3n) is 5.04. The van der Waals surface area contributed by atoms with E-state index in [4.69, 9.17) is 17.3 Å². The van der Waals surface area contributed by atoms with Crippen LogP contribution in [0.3, 0.4) is 0 Å². The lowest BCUT2D eigenvalue weighted by Crippen LogP contribution is -2.34. The summed E-state index contributed by atoms with van der Waals surface area (Å²) in [6.07, 6.45) is -7.22. The van der Waals surface area contributed by atoms with Gasteiger partial charge in [0.25, 0.3) is 5.91 Å². The zero-order valence-electron chi connectivity index (χ0n) is 18.7. The number of hydrogen-bond acceptors (Lipinski definition) is 4. The van der Waals surface area contributed by atoms with Crippen LogP contribution in [0.1, 0.15) is 22.3 Å². The van der Waals surface area contributed by atoms with E-state index in [9.17, 15) is 31.1 Å². The Morgan fingerprint density at radius 2 is 1.67 bits per heavy atom. The van der Waals surface area contributed by atoms with Crippen LogP contribution in [0.5, 0.6) is 0 Å². The highest BCUT2D eigenvalue weighted by Gasteiger charge is 2.37. The molecule has 0 aliphatic carbocycles. The number of hydrogen-bond donors (Lipinski definition) is 2. The van der Waals surface area contributed by atoms with E-state index < -0.39 is 35.9 Å². The normalized spacial score (nSPS) is 12.8. The topological polar surface area (TPSA) is 76.2 Å². The lowest BCUT2D eigenvalue weighted by molar-refractivity contribution is -0.143. The maximum absolute atomic E-state index is 13.2. The van der Waals surface area contributed by atoms with Gasteiger partial charge < -0.3 is 16.0 Å². The van der Waals surface area contributed by atoms with Gasteiger partial charge >= 0.3 is 12.4 Å². The Hall–Kier alpha value is -3.67. The third kappa shape index (κ3) is 6.51. The predicted molar refractivity (Wildman–Crippen MR) is 121 cm³/mol. The van der Waals surface area contributed by atoms with Crippen molar-refractivity contribution in [2.75, 3.05) is 7.05 Å². The molecule has 0 saturated heterocycles. The number of halogens is 7. The molecule has 3 N–H and O–H groups in total. The minimum Gasteiger partial charge on any atom is -0.391 e. The van der Waals surface area contributed by atoms with Gasteiger partial charge in [0.2, 0.25) is 0 Å². The molecular weight excluding hydrogens is 512 g/mol. The van der Waals surface area contributed by atoms with Gasteiger partial charge in [0, 0.05) is 37.6 Å². The van der Waals surface area contributed by atoms with E-state index in [1.165, 1.54) is 30.4 Å². The molecule has 0 radical (unpaired) electrons. The van der Waals surface area contributed by atoms with Crippen molar-refractivity contribution in [2.45, 2.75) is 25.4 Å². The number of nitrogens with two attached hydrogens (primary N) is 1. The van der Waals surface area contributed by atoms with Gasteiger partial charge in [0.05, 0.1) is 11.1 Å². The molecule has 1 heterocycles. The quantitative estimate of drug-likeness (QED) is 0.328. The summed E-state index contributed by atoms with van der Waals surface area (Å²) in [5, 5.41) is 7.05. The van der Waals surface area contributed by atoms with E-state index in [0.29, 0.717) is 22.7 Å². The Bertz CT molecular complexity index is 1220. The highest BCUT2D eigenvalue weighted by atomic mass is 35.5. The predicted octanol–water partition coefficient (Wildman–Crippen LogP) is 5.11. The fourth-order valence-corrected chi connectivity index (χ4v) is 3.46. The summed E-state index contributed by atoms with van der Waals surface area (Å²) in [6, 6.07) is 9.53. The molecule has 6 nitrogen and oxygen atoms in total. The van der Waals surface area contributed by atoms with Gasteiger partial charge in [0.1, 0.15) is 5.70 Å². The molecule has 1 amide bonds. The first-order chi connectivity index (χ1) is 16.8. The number of rotatable bonds is 7. The first-order valence-electron chi connectivity index (χ1n) is 10.3. The molecule has 13 heteroatoms. The minimum atomic E-state index is -4.99. The summed E-state index contributed by atoms with van der Waals surface area (Å²) < 4.78 is 80.3. The number of carbonyl (C=O) groups is 1. The standard InChI is InChI=1S/C23H20ClF6N5O/c1-34(13-15-5-2-3-6-18(15)24)21(36)19(31)20(35-8-4-7-33-35)32-12-14-9-16(22(25,26)27)11-17(10-14)23(28,29)30/h2-11,32H,12-13,31H2,1H3/b20-19+. The molecule has 0 spiro atoms. The summed E-state index contributed by atoms with van der Waals surface area (Å²) in [5.74, 6) is -0.796. The molecule has 3 rings (SSSR count). The van der Waals surface area contributed by atoms with Crippen molar-refractivity contribution < 1.29 is 31.1 Å². The second kappa shape index (κ2) is 10.5. The third-order valence-corrected chi connectivity index (χ3v) is 5.41. The second-order valence-corrected chi connectivity index (χ2v) is 8.14. The van der Waals surface area contributed by atoms with Crippen LogP contribution in [-0.4, -0.2) is 27.6 Å². The van der Waals surface area contributed by atoms with Crippen LogP contribution in [0, 0.1) is 0 Å². The maximum atomic E-state index is 13.2. The van der Waals surface area contributed by atoms with Gasteiger partial charge in [-0.15, -0.1) is 0 Å². The van der Waals surface area contributed by atoms with E-state index >= 15 is 0 Å². The molecule has 2 aromatic carbocycles. The molecule has 1 aromatic heterocycles. The van der Waals surface area contributed by atoms with Crippen LogP contribution >= 0.6 is 11.6 Å². The van der Waals surface area contributed by atoms with Gasteiger partial charge in [-0.25, -0.2) is 4.68 Å². The molecular formula is C23H20ClF6N5O. The summed E-state index contributed by atoms with van der Waals surface area (Å²) in [6.45, 7) is -0.418. The smallest absolute Gasteiger partial charge is 0.391 e. The van der Waals surface area contributed by atoms with E-state index in [0.717, 1.165) is 4.68 Å². The number of likely N-dealkylation sites (N-methyl/N-ethyl adjacent to an activating group) is 1. The summed E-state index contributed by atoms with van der Waals surface area (Å²) in [7, 11) is 1.46. The Morgan fingerprint density at radius 3 is 2.19 bits per heavy atom. The molecule has 3 aromatic rings. The Kier molecular flexibility index (Phi) is 7.87. The van der Waals surface area contributed by atoms with Crippen molar-refractivity contribution >= 4 is 23.3 Å². The fraction of sp³-hybridized carbons (Fsp3) is 0.217. The van der Waals surface area contributed by atoms with E-state index in [2.05, 4.69) is 10.4 Å². The monoisotopic (exact) mass is 531 g/mol. The van der Waals surface area contributed by atoms with E-state index in [-0.39, 0.29) is 29.7 Å². The SMILES string of the molecule is CN(Cc1ccccc1Cl)C(=O)/C(N)=C(/NCc1cc(C(F)(F)F)cc(C(F)(F)F)c1)n1cccn1. The van der Waals surface area contributed by atoms with Gasteiger partial charge in [-0.1, -0.05) is 29.8 Å². The molecule has 0 unspecified atom stereocenters. The molecule has 192 valence electrons. The minimum absolute atomic E-state index is 0.0370. The number of aromatic nitrogens is 2. The van der Waals surface area contributed by atoms with Crippen molar-refractivity contribution in [3.05, 3.63) is 93.9 Å². The zero-order chi connectivity index (χ0) is 26.7. The molecule has 0 saturated carbocycles. The Balaban J connectivity index is 1.92. The lowest BCUT2D eigenvalue weighted by atomic mass is 10.0. The summed E-state index contributed by atoms with van der Waals surface area (Å²) in [5.41, 5.74) is 3.11. The van der Waals surface area contributed by atoms with Gasteiger partial charge in [0.15, 0.2) is 5.82 Å². The molecule has 0 atom stereocenters. The molecule has 36 heavy (non-hydrogen) atoms. The highest BCUT2D eigenvalue weighted by molar-refractivity contribution is 6.31. The maximum Gasteiger partial charge on any atom is 0.416 e. The van der Waals surface area contributed by atoms with Gasteiger partial charge in [-0.3, -0.25) is 4.79 Å². The Morgan fingerprint density at radius 1 is 1.06 bits per heavy atom. The van der Waals surface area contributed by atoms with Crippen LogP contribution in [0.25, 0.3) is 5.82 Å². The number of alkyl halides is 6. The zero-order valence-corrected chi connectivity index (χ0v) is 19.4. The van der Waals surface area contributed by atoms with E-state index in [1.54, 1.807) is 24.3 Å². The van der Waals surface area contributed by atoms with Crippen LogP contribution in [0.15, 0.2) is 66.6 Å². The first kappa shape index (κ1) is 26.9. The summed E-state index contributed by atoms with van der Waals surface area (Å²) >= 11 is 6.14. The number of amides is 1. The van der Waals surface area contributed by atoms with Gasteiger partial charge in [-0.05, 0) is 41.5 Å². The number of nitrogens with zero attached hydrogens (tertiary/aromatic N) is 3. The molecule has 0 fully saturated rings. The molecule has 0 bridgehead atoms. The average molecular weight is 532 g/mol. The largest absolute Gasteiger partial charge is 0.416 e. The highest BCUT2D eigenvalue weighted by Crippen LogP contribution is 2.36. The molecule has 0 aliphatic rings. The van der Waals surface area contributed by atoms with Crippen molar-refractivity contribution in [2.24, 2.45) is 5.73 Å². The summed E-state index contributed by atoms with van der Waals surface area (Å²) in [4.78, 5) is 14.3. The van der Waals surface area contributed by atoms with Crippen molar-refractivity contribution in [3.63, 3.8) is 0 Å². The van der Waals surface area contributed by atoms with Crippen molar-refractivity contribution in [1.82, 2.24) is 20.0 Å². The number of carbonyl (C=O) groups excluding carboxylic acids is 1. The van der Waals surface area contributed by atoms with Crippen LogP contribution < -0.4 is 11.1 Å². The van der Waals surface area contributed by atoms with Crippen molar-refractivity contribution in [3.8, 4) is 0 Å². The number of benzene rings is 2. The second-order valence-electron chi connectivity index (χ2n) is 7.73. The molecule has 0 aliphatic heterocycles. The van der Waals surface area contributed by atoms with Gasteiger partial charge in [-0.2, -0.15) is 31.4 Å². The fourth-order valence-electron chi connectivity index (χ4n) is 3.27. The number of nitrogens with one attached hydrogen (secondary N) is 1. The van der Waals surface area contributed by atoms with E-state index in [1.807, 2.05) is 0 Å². The lowest BCUT2D eigenvalue weighted by Gasteiger charge is -2.21.